The van der Waals surface area contributed by atoms with Crippen molar-refractivity contribution in [2.75, 3.05) is 5.32 Å². The molecule has 0 fully saturated rings. The lowest BCUT2D eigenvalue weighted by atomic mass is 10.0. The van der Waals surface area contributed by atoms with Crippen LogP contribution in [-0.2, 0) is 7.05 Å². The average molecular weight is 355 g/mol. The highest BCUT2D eigenvalue weighted by atomic mass is 16.1. The fourth-order valence-corrected chi connectivity index (χ4v) is 2.83. The zero-order chi connectivity index (χ0) is 18.6. The van der Waals surface area contributed by atoms with Gasteiger partial charge in [0, 0.05) is 30.7 Å². The van der Waals surface area contributed by atoms with E-state index in [1.165, 1.54) is 0 Å². The maximum absolute atomic E-state index is 12.2. The minimum atomic E-state index is -0.180. The second-order valence-corrected chi connectivity index (χ2v) is 6.12. The molecule has 0 spiro atoms. The molecule has 4 aromatic rings. The summed E-state index contributed by atoms with van der Waals surface area (Å²) in [4.78, 5) is 16.2. The molecule has 0 aliphatic rings. The van der Waals surface area contributed by atoms with Crippen molar-refractivity contribution in [3.8, 4) is 22.5 Å². The summed E-state index contributed by atoms with van der Waals surface area (Å²) < 4.78 is 1.89. The van der Waals surface area contributed by atoms with Crippen LogP contribution in [0, 0.1) is 0 Å². The predicted molar refractivity (Wildman–Crippen MR) is 104 cm³/mol. The summed E-state index contributed by atoms with van der Waals surface area (Å²) >= 11 is 0. The highest BCUT2D eigenvalue weighted by Crippen LogP contribution is 2.26. The van der Waals surface area contributed by atoms with Crippen LogP contribution in [0.4, 0.5) is 5.69 Å². The van der Waals surface area contributed by atoms with Gasteiger partial charge in [-0.05, 0) is 41.5 Å². The average Bonchev–Trinajstić information content (AvgIpc) is 3.15. The van der Waals surface area contributed by atoms with Gasteiger partial charge in [0.15, 0.2) is 5.82 Å². The number of pyridine rings is 1. The lowest BCUT2D eigenvalue weighted by Crippen LogP contribution is -2.11. The van der Waals surface area contributed by atoms with Gasteiger partial charge >= 0.3 is 0 Å². The van der Waals surface area contributed by atoms with E-state index in [0.29, 0.717) is 5.56 Å². The minimum absolute atomic E-state index is 0.180. The number of benzene rings is 2. The van der Waals surface area contributed by atoms with E-state index in [4.69, 9.17) is 0 Å². The first-order chi connectivity index (χ1) is 13.2. The topological polar surface area (TPSA) is 72.7 Å². The molecule has 2 heterocycles. The SMILES string of the molecule is Cn1cnnc1-c1cccc(-c2ccc(NC(=O)c3cccnc3)cc2)c1. The number of aryl methyl sites for hydroxylation is 1. The summed E-state index contributed by atoms with van der Waals surface area (Å²) in [5, 5.41) is 11.0. The quantitative estimate of drug-likeness (QED) is 0.604. The Morgan fingerprint density at radius 1 is 0.963 bits per heavy atom. The number of rotatable bonds is 4. The molecule has 2 aromatic carbocycles. The smallest absolute Gasteiger partial charge is 0.257 e. The Morgan fingerprint density at radius 2 is 1.78 bits per heavy atom. The highest BCUT2D eigenvalue weighted by Gasteiger charge is 2.08. The van der Waals surface area contributed by atoms with Gasteiger partial charge in [-0.25, -0.2) is 0 Å². The normalized spacial score (nSPS) is 10.6. The van der Waals surface area contributed by atoms with Crippen LogP contribution in [0.2, 0.25) is 0 Å². The number of carbonyl (C=O) groups excluding carboxylic acids is 1. The Morgan fingerprint density at radius 3 is 2.48 bits per heavy atom. The van der Waals surface area contributed by atoms with E-state index in [-0.39, 0.29) is 5.91 Å². The van der Waals surface area contributed by atoms with Crippen molar-refractivity contribution < 1.29 is 4.79 Å². The molecule has 0 bridgehead atoms. The van der Waals surface area contributed by atoms with Gasteiger partial charge in [-0.2, -0.15) is 0 Å². The van der Waals surface area contributed by atoms with Crippen molar-refractivity contribution in [3.63, 3.8) is 0 Å². The predicted octanol–water partition coefficient (Wildman–Crippen LogP) is 3.80. The fourth-order valence-electron chi connectivity index (χ4n) is 2.83. The molecule has 0 aliphatic carbocycles. The Kier molecular flexibility index (Phi) is 4.45. The number of nitrogens with one attached hydrogen (secondary N) is 1. The molecule has 0 aliphatic heterocycles. The van der Waals surface area contributed by atoms with E-state index in [1.807, 2.05) is 54.1 Å². The minimum Gasteiger partial charge on any atom is -0.322 e. The number of carbonyl (C=O) groups is 1. The first kappa shape index (κ1) is 16.7. The third-order valence-corrected chi connectivity index (χ3v) is 4.23. The van der Waals surface area contributed by atoms with Gasteiger partial charge < -0.3 is 9.88 Å². The molecule has 27 heavy (non-hydrogen) atoms. The molecule has 2 aromatic heterocycles. The third kappa shape index (κ3) is 3.59. The summed E-state index contributed by atoms with van der Waals surface area (Å²) in [5.41, 5.74) is 4.38. The van der Waals surface area contributed by atoms with Crippen LogP contribution >= 0.6 is 0 Å². The van der Waals surface area contributed by atoms with Crippen molar-refractivity contribution in [1.29, 1.82) is 0 Å². The van der Waals surface area contributed by atoms with Crippen LogP contribution in [0.3, 0.4) is 0 Å². The number of anilines is 1. The highest BCUT2D eigenvalue weighted by molar-refractivity contribution is 6.04. The fraction of sp³-hybridized carbons (Fsp3) is 0.0476. The van der Waals surface area contributed by atoms with Crippen molar-refractivity contribution in [2.24, 2.45) is 7.05 Å². The van der Waals surface area contributed by atoms with Gasteiger partial charge in [0.2, 0.25) is 0 Å². The van der Waals surface area contributed by atoms with Gasteiger partial charge in [0.05, 0.1) is 5.56 Å². The van der Waals surface area contributed by atoms with E-state index in [0.717, 1.165) is 28.2 Å². The standard InChI is InChI=1S/C21H17N5O/c1-26-14-23-25-20(26)17-5-2-4-16(12-17)15-7-9-19(10-8-15)24-21(27)18-6-3-11-22-13-18/h2-14H,1H3,(H,24,27). The van der Waals surface area contributed by atoms with E-state index in [9.17, 15) is 4.79 Å². The van der Waals surface area contributed by atoms with Gasteiger partial charge in [-0.3, -0.25) is 9.78 Å². The molecule has 6 nitrogen and oxygen atoms in total. The molecule has 132 valence electrons. The molecule has 0 atom stereocenters. The number of aromatic nitrogens is 4. The molecule has 1 N–H and O–H groups in total. The summed E-state index contributed by atoms with van der Waals surface area (Å²) in [6.07, 6.45) is 4.87. The summed E-state index contributed by atoms with van der Waals surface area (Å²) in [7, 11) is 1.92. The van der Waals surface area contributed by atoms with Crippen LogP contribution < -0.4 is 5.32 Å². The second kappa shape index (κ2) is 7.21. The Bertz CT molecular complexity index is 1070. The molecule has 1 amide bonds. The van der Waals surface area contributed by atoms with Crippen LogP contribution in [0.5, 0.6) is 0 Å². The maximum Gasteiger partial charge on any atom is 0.257 e. The third-order valence-electron chi connectivity index (χ3n) is 4.23. The molecule has 0 unspecified atom stereocenters. The zero-order valence-corrected chi connectivity index (χ0v) is 14.7. The lowest BCUT2D eigenvalue weighted by Gasteiger charge is -2.08. The van der Waals surface area contributed by atoms with Crippen LogP contribution in [0.1, 0.15) is 10.4 Å². The molecule has 0 radical (unpaired) electrons. The first-order valence-corrected chi connectivity index (χ1v) is 8.47. The first-order valence-electron chi connectivity index (χ1n) is 8.47. The molecule has 4 rings (SSSR count). The van der Waals surface area contributed by atoms with Gasteiger partial charge in [0.25, 0.3) is 5.91 Å². The van der Waals surface area contributed by atoms with Crippen molar-refractivity contribution in [3.05, 3.63) is 84.9 Å². The van der Waals surface area contributed by atoms with Gasteiger partial charge in [-0.15, -0.1) is 10.2 Å². The van der Waals surface area contributed by atoms with Gasteiger partial charge in [-0.1, -0.05) is 30.3 Å². The van der Waals surface area contributed by atoms with E-state index in [1.54, 1.807) is 30.9 Å². The van der Waals surface area contributed by atoms with Crippen molar-refractivity contribution >= 4 is 11.6 Å². The largest absolute Gasteiger partial charge is 0.322 e. The van der Waals surface area contributed by atoms with Crippen LogP contribution in [-0.4, -0.2) is 25.7 Å². The lowest BCUT2D eigenvalue weighted by molar-refractivity contribution is 0.102. The Labute approximate surface area is 156 Å². The zero-order valence-electron chi connectivity index (χ0n) is 14.7. The Hall–Kier alpha value is -3.80. The number of nitrogens with zero attached hydrogens (tertiary/aromatic N) is 4. The van der Waals surface area contributed by atoms with Crippen LogP contribution in [0.15, 0.2) is 79.4 Å². The van der Waals surface area contributed by atoms with E-state index >= 15 is 0 Å². The van der Waals surface area contributed by atoms with Gasteiger partial charge in [0.1, 0.15) is 6.33 Å². The maximum atomic E-state index is 12.2. The Balaban J connectivity index is 1.54. The molecular formula is C21H17N5O. The number of hydrogen-bond donors (Lipinski definition) is 1. The van der Waals surface area contributed by atoms with E-state index in [2.05, 4.69) is 26.6 Å². The molecule has 6 heteroatoms. The summed E-state index contributed by atoms with van der Waals surface area (Å²) in [6, 6.07) is 19.3. The molecule has 0 saturated heterocycles. The number of amides is 1. The summed E-state index contributed by atoms with van der Waals surface area (Å²) in [6.45, 7) is 0. The summed E-state index contributed by atoms with van der Waals surface area (Å²) in [5.74, 6) is 0.636. The monoisotopic (exact) mass is 355 g/mol. The van der Waals surface area contributed by atoms with Crippen LogP contribution in [0.25, 0.3) is 22.5 Å². The van der Waals surface area contributed by atoms with E-state index < -0.39 is 0 Å². The number of hydrogen-bond acceptors (Lipinski definition) is 4. The molecule has 0 saturated carbocycles. The van der Waals surface area contributed by atoms with Crippen molar-refractivity contribution in [2.45, 2.75) is 0 Å². The van der Waals surface area contributed by atoms with Crippen molar-refractivity contribution in [1.82, 2.24) is 19.7 Å². The second-order valence-electron chi connectivity index (χ2n) is 6.12. The molecular weight excluding hydrogens is 338 g/mol.